The monoisotopic (exact) mass is 179 g/mol. The summed E-state index contributed by atoms with van der Waals surface area (Å²) in [4.78, 5) is 0. The Morgan fingerprint density at radius 3 is 2.38 bits per heavy atom. The fourth-order valence-corrected chi connectivity index (χ4v) is 1.48. The molecule has 0 aliphatic rings. The summed E-state index contributed by atoms with van der Waals surface area (Å²) in [5, 5.41) is 8.95. The molecule has 1 aromatic rings. The SMILES string of the molecule is Cc1ccc([C@H](N)CO)c(C)c1C. The Labute approximate surface area is 79.4 Å². The van der Waals surface area contributed by atoms with Gasteiger partial charge in [-0.2, -0.15) is 0 Å². The molecule has 0 aliphatic heterocycles. The number of nitrogens with two attached hydrogens (primary N) is 1. The standard InChI is InChI=1S/C11H17NO/c1-7-4-5-10(11(12)6-13)9(3)8(7)2/h4-5,11,13H,6,12H2,1-3H3/t11-/m1/s1. The van der Waals surface area contributed by atoms with Gasteiger partial charge in [-0.15, -0.1) is 0 Å². The molecule has 2 nitrogen and oxygen atoms in total. The fraction of sp³-hybridized carbons (Fsp3) is 0.455. The highest BCUT2D eigenvalue weighted by molar-refractivity contribution is 5.40. The molecule has 1 rings (SSSR count). The predicted octanol–water partition coefficient (Wildman–Crippen LogP) is 1.60. The Hall–Kier alpha value is -0.860. The van der Waals surface area contributed by atoms with Crippen LogP contribution in [0.25, 0.3) is 0 Å². The van der Waals surface area contributed by atoms with E-state index in [0.717, 1.165) is 5.56 Å². The second kappa shape index (κ2) is 3.90. The molecular weight excluding hydrogens is 162 g/mol. The quantitative estimate of drug-likeness (QED) is 0.724. The van der Waals surface area contributed by atoms with Crippen LogP contribution in [0.1, 0.15) is 28.3 Å². The van der Waals surface area contributed by atoms with E-state index in [1.165, 1.54) is 16.7 Å². The van der Waals surface area contributed by atoms with Gasteiger partial charge in [0.25, 0.3) is 0 Å². The predicted molar refractivity (Wildman–Crippen MR) is 54.7 cm³/mol. The highest BCUT2D eigenvalue weighted by atomic mass is 16.3. The zero-order valence-electron chi connectivity index (χ0n) is 8.46. The van der Waals surface area contributed by atoms with E-state index in [9.17, 15) is 0 Å². The molecule has 3 N–H and O–H groups in total. The van der Waals surface area contributed by atoms with Crippen LogP contribution in [-0.4, -0.2) is 11.7 Å². The maximum atomic E-state index is 8.95. The topological polar surface area (TPSA) is 46.2 Å². The van der Waals surface area contributed by atoms with Crippen molar-refractivity contribution >= 4 is 0 Å². The molecule has 0 fully saturated rings. The molecule has 0 aliphatic carbocycles. The minimum Gasteiger partial charge on any atom is -0.394 e. The normalized spacial score (nSPS) is 13.0. The maximum Gasteiger partial charge on any atom is 0.0624 e. The number of hydrogen-bond donors (Lipinski definition) is 2. The summed E-state index contributed by atoms with van der Waals surface area (Å²) in [5.74, 6) is 0. The molecule has 0 amide bonds. The van der Waals surface area contributed by atoms with E-state index < -0.39 is 0 Å². The third kappa shape index (κ3) is 1.90. The molecule has 72 valence electrons. The van der Waals surface area contributed by atoms with Gasteiger partial charge in [0.1, 0.15) is 0 Å². The van der Waals surface area contributed by atoms with E-state index in [-0.39, 0.29) is 12.6 Å². The number of rotatable bonds is 2. The Bertz CT molecular complexity index is 307. The number of benzene rings is 1. The van der Waals surface area contributed by atoms with Crippen molar-refractivity contribution < 1.29 is 5.11 Å². The van der Waals surface area contributed by atoms with Gasteiger partial charge in [0.2, 0.25) is 0 Å². The zero-order valence-corrected chi connectivity index (χ0v) is 8.46. The lowest BCUT2D eigenvalue weighted by Crippen LogP contribution is -2.16. The van der Waals surface area contributed by atoms with Crippen molar-refractivity contribution in [3.8, 4) is 0 Å². The van der Waals surface area contributed by atoms with Crippen molar-refractivity contribution in [3.05, 3.63) is 34.4 Å². The van der Waals surface area contributed by atoms with Gasteiger partial charge in [0.15, 0.2) is 0 Å². The molecule has 13 heavy (non-hydrogen) atoms. The minimum atomic E-state index is -0.251. The molecule has 0 saturated carbocycles. The van der Waals surface area contributed by atoms with Gasteiger partial charge >= 0.3 is 0 Å². The molecule has 0 spiro atoms. The van der Waals surface area contributed by atoms with Crippen molar-refractivity contribution in [2.75, 3.05) is 6.61 Å². The summed E-state index contributed by atoms with van der Waals surface area (Å²) in [5.41, 5.74) is 10.5. The molecule has 1 aromatic carbocycles. The second-order valence-corrected chi connectivity index (χ2v) is 3.51. The maximum absolute atomic E-state index is 8.95. The highest BCUT2D eigenvalue weighted by Crippen LogP contribution is 2.21. The van der Waals surface area contributed by atoms with Crippen LogP contribution in [-0.2, 0) is 0 Å². The molecule has 0 bridgehead atoms. The van der Waals surface area contributed by atoms with Crippen LogP contribution in [0.2, 0.25) is 0 Å². The lowest BCUT2D eigenvalue weighted by molar-refractivity contribution is 0.267. The largest absolute Gasteiger partial charge is 0.394 e. The van der Waals surface area contributed by atoms with E-state index in [4.69, 9.17) is 10.8 Å². The number of aliphatic hydroxyl groups excluding tert-OH is 1. The van der Waals surface area contributed by atoms with Crippen LogP contribution in [0.5, 0.6) is 0 Å². The molecule has 1 atom stereocenters. The van der Waals surface area contributed by atoms with Gasteiger partial charge in [-0.25, -0.2) is 0 Å². The molecule has 0 saturated heterocycles. The number of aryl methyl sites for hydroxylation is 1. The summed E-state index contributed by atoms with van der Waals surface area (Å²) >= 11 is 0. The van der Waals surface area contributed by atoms with Crippen LogP contribution in [0.4, 0.5) is 0 Å². The Balaban J connectivity index is 3.18. The van der Waals surface area contributed by atoms with Crippen LogP contribution in [0, 0.1) is 20.8 Å². The van der Waals surface area contributed by atoms with E-state index >= 15 is 0 Å². The lowest BCUT2D eigenvalue weighted by atomic mass is 9.95. The van der Waals surface area contributed by atoms with Crippen LogP contribution in [0.3, 0.4) is 0 Å². The summed E-state index contributed by atoms with van der Waals surface area (Å²) < 4.78 is 0. The van der Waals surface area contributed by atoms with Gasteiger partial charge in [-0.3, -0.25) is 0 Å². The third-order valence-corrected chi connectivity index (χ3v) is 2.70. The molecule has 2 heteroatoms. The molecule has 0 aromatic heterocycles. The average molecular weight is 179 g/mol. The van der Waals surface area contributed by atoms with E-state index in [2.05, 4.69) is 13.8 Å². The number of aliphatic hydroxyl groups is 1. The first-order valence-corrected chi connectivity index (χ1v) is 4.51. The van der Waals surface area contributed by atoms with E-state index in [1.807, 2.05) is 19.1 Å². The summed E-state index contributed by atoms with van der Waals surface area (Å²) in [6.45, 7) is 6.21. The first kappa shape index (κ1) is 10.2. The molecule has 0 unspecified atom stereocenters. The van der Waals surface area contributed by atoms with Gasteiger partial charge in [0.05, 0.1) is 12.6 Å². The van der Waals surface area contributed by atoms with Gasteiger partial charge in [0, 0.05) is 0 Å². The second-order valence-electron chi connectivity index (χ2n) is 3.51. The summed E-state index contributed by atoms with van der Waals surface area (Å²) in [7, 11) is 0. The van der Waals surface area contributed by atoms with Crippen LogP contribution >= 0.6 is 0 Å². The van der Waals surface area contributed by atoms with Crippen molar-refractivity contribution in [1.29, 1.82) is 0 Å². The van der Waals surface area contributed by atoms with E-state index in [1.54, 1.807) is 0 Å². The average Bonchev–Trinajstić information content (AvgIpc) is 2.13. The first-order valence-electron chi connectivity index (χ1n) is 4.51. The Morgan fingerprint density at radius 1 is 1.23 bits per heavy atom. The summed E-state index contributed by atoms with van der Waals surface area (Å²) in [6, 6.07) is 3.80. The highest BCUT2D eigenvalue weighted by Gasteiger charge is 2.09. The molecule has 0 radical (unpaired) electrons. The minimum absolute atomic E-state index is 0.00331. The Morgan fingerprint density at radius 2 is 1.85 bits per heavy atom. The van der Waals surface area contributed by atoms with E-state index in [0.29, 0.717) is 0 Å². The van der Waals surface area contributed by atoms with Gasteiger partial charge < -0.3 is 10.8 Å². The van der Waals surface area contributed by atoms with Crippen molar-refractivity contribution in [1.82, 2.24) is 0 Å². The summed E-state index contributed by atoms with van der Waals surface area (Å²) in [6.07, 6.45) is 0. The fourth-order valence-electron chi connectivity index (χ4n) is 1.48. The molecule has 0 heterocycles. The zero-order chi connectivity index (χ0) is 10.0. The number of hydrogen-bond acceptors (Lipinski definition) is 2. The molecular formula is C11H17NO. The van der Waals surface area contributed by atoms with Crippen molar-refractivity contribution in [2.45, 2.75) is 26.8 Å². The smallest absolute Gasteiger partial charge is 0.0624 e. The first-order chi connectivity index (χ1) is 6.07. The van der Waals surface area contributed by atoms with Crippen molar-refractivity contribution in [3.63, 3.8) is 0 Å². The third-order valence-electron chi connectivity index (χ3n) is 2.70. The van der Waals surface area contributed by atoms with Gasteiger partial charge in [-0.1, -0.05) is 12.1 Å². The Kier molecular flexibility index (Phi) is 3.07. The van der Waals surface area contributed by atoms with Crippen LogP contribution < -0.4 is 5.73 Å². The van der Waals surface area contributed by atoms with Crippen molar-refractivity contribution in [2.24, 2.45) is 5.73 Å². The van der Waals surface area contributed by atoms with Gasteiger partial charge in [-0.05, 0) is 43.0 Å². The van der Waals surface area contributed by atoms with Crippen LogP contribution in [0.15, 0.2) is 12.1 Å². The lowest BCUT2D eigenvalue weighted by Gasteiger charge is -2.15.